The molecule has 0 bridgehead atoms. The van der Waals surface area contributed by atoms with Gasteiger partial charge in [0.25, 0.3) is 0 Å². The first-order valence-electron chi connectivity index (χ1n) is 7.44. The Morgan fingerprint density at radius 2 is 1.79 bits per heavy atom. The molecule has 0 saturated heterocycles. The molecule has 0 aromatic heterocycles. The lowest BCUT2D eigenvalue weighted by Crippen LogP contribution is -2.42. The summed E-state index contributed by atoms with van der Waals surface area (Å²) in [7, 11) is 2.18. The van der Waals surface area contributed by atoms with Crippen LogP contribution in [0.4, 0.5) is 5.69 Å². The highest BCUT2D eigenvalue weighted by Crippen LogP contribution is 2.23. The lowest BCUT2D eigenvalue weighted by Gasteiger charge is -2.33. The lowest BCUT2D eigenvalue weighted by molar-refractivity contribution is 0.257. The first-order chi connectivity index (χ1) is 8.95. The van der Waals surface area contributed by atoms with Gasteiger partial charge >= 0.3 is 0 Å². The van der Waals surface area contributed by atoms with Crippen LogP contribution >= 0.6 is 0 Å². The number of anilines is 1. The van der Waals surface area contributed by atoms with E-state index in [-0.39, 0.29) is 0 Å². The van der Waals surface area contributed by atoms with E-state index >= 15 is 0 Å². The van der Waals surface area contributed by atoms with E-state index < -0.39 is 0 Å². The number of nitrogens with one attached hydrogen (secondary N) is 1. The van der Waals surface area contributed by atoms with Gasteiger partial charge in [0.2, 0.25) is 0 Å². The van der Waals surface area contributed by atoms with Crippen LogP contribution in [0.5, 0.6) is 0 Å². The van der Waals surface area contributed by atoms with E-state index in [1.54, 1.807) is 0 Å². The Kier molecular flexibility index (Phi) is 6.36. The maximum Gasteiger partial charge on any atom is 0.0363 e. The zero-order valence-corrected chi connectivity index (χ0v) is 13.2. The molecule has 0 radical (unpaired) electrons. The SMILES string of the molecule is CCCNC(CCN(C)c1ccccc1)C(C)(C)C. The molecule has 1 unspecified atom stereocenters. The molecule has 0 aliphatic rings. The maximum absolute atomic E-state index is 3.69. The molecule has 0 saturated carbocycles. The number of nitrogens with zero attached hydrogens (tertiary/aromatic N) is 1. The third kappa shape index (κ3) is 5.65. The highest BCUT2D eigenvalue weighted by atomic mass is 15.1. The van der Waals surface area contributed by atoms with Crippen LogP contribution in [0, 0.1) is 5.41 Å². The molecule has 0 heterocycles. The van der Waals surface area contributed by atoms with Crippen molar-refractivity contribution in [2.75, 3.05) is 25.0 Å². The van der Waals surface area contributed by atoms with E-state index in [1.165, 1.54) is 18.5 Å². The van der Waals surface area contributed by atoms with Gasteiger partial charge in [0.15, 0.2) is 0 Å². The van der Waals surface area contributed by atoms with Gasteiger partial charge in [-0.1, -0.05) is 45.9 Å². The summed E-state index contributed by atoms with van der Waals surface area (Å²) in [6.07, 6.45) is 2.37. The van der Waals surface area contributed by atoms with Crippen molar-refractivity contribution in [1.29, 1.82) is 0 Å². The molecule has 108 valence electrons. The monoisotopic (exact) mass is 262 g/mol. The Hall–Kier alpha value is -1.02. The molecule has 0 fully saturated rings. The second-order valence-corrected chi connectivity index (χ2v) is 6.42. The third-order valence-electron chi connectivity index (χ3n) is 3.64. The van der Waals surface area contributed by atoms with Gasteiger partial charge in [-0.05, 0) is 36.9 Å². The molecule has 0 aliphatic heterocycles. The molecule has 1 aromatic rings. The molecule has 1 atom stereocenters. The summed E-state index contributed by atoms with van der Waals surface area (Å²) >= 11 is 0. The highest BCUT2D eigenvalue weighted by molar-refractivity contribution is 5.44. The van der Waals surface area contributed by atoms with Gasteiger partial charge in [0.1, 0.15) is 0 Å². The lowest BCUT2D eigenvalue weighted by atomic mass is 9.84. The third-order valence-corrected chi connectivity index (χ3v) is 3.64. The summed E-state index contributed by atoms with van der Waals surface area (Å²) in [5, 5.41) is 3.69. The molecule has 19 heavy (non-hydrogen) atoms. The van der Waals surface area contributed by atoms with Crippen LogP contribution in [0.2, 0.25) is 0 Å². The Morgan fingerprint density at radius 1 is 1.16 bits per heavy atom. The van der Waals surface area contributed by atoms with Crippen molar-refractivity contribution in [1.82, 2.24) is 5.32 Å². The summed E-state index contributed by atoms with van der Waals surface area (Å²) in [5.41, 5.74) is 1.61. The van der Waals surface area contributed by atoms with Crippen LogP contribution in [0.25, 0.3) is 0 Å². The Labute approximate surface area is 119 Å². The van der Waals surface area contributed by atoms with Crippen LogP contribution in [0.15, 0.2) is 30.3 Å². The summed E-state index contributed by atoms with van der Waals surface area (Å²) in [4.78, 5) is 2.34. The zero-order chi connectivity index (χ0) is 14.3. The molecule has 1 aromatic carbocycles. The number of rotatable bonds is 7. The summed E-state index contributed by atoms with van der Waals surface area (Å²) < 4.78 is 0. The Morgan fingerprint density at radius 3 is 2.32 bits per heavy atom. The van der Waals surface area contributed by atoms with Crippen LogP contribution < -0.4 is 10.2 Å². The highest BCUT2D eigenvalue weighted by Gasteiger charge is 2.23. The van der Waals surface area contributed by atoms with E-state index in [4.69, 9.17) is 0 Å². The Balaban J connectivity index is 2.51. The van der Waals surface area contributed by atoms with Gasteiger partial charge in [-0.15, -0.1) is 0 Å². The fourth-order valence-electron chi connectivity index (χ4n) is 2.29. The quantitative estimate of drug-likeness (QED) is 0.801. The predicted molar refractivity (Wildman–Crippen MR) is 85.9 cm³/mol. The van der Waals surface area contributed by atoms with Gasteiger partial charge in [-0.3, -0.25) is 0 Å². The molecular formula is C17H30N2. The van der Waals surface area contributed by atoms with Gasteiger partial charge in [-0.25, -0.2) is 0 Å². The number of benzene rings is 1. The molecule has 0 amide bonds. The fraction of sp³-hybridized carbons (Fsp3) is 0.647. The molecule has 0 aliphatic carbocycles. The normalized spacial score (nSPS) is 13.3. The average molecular weight is 262 g/mol. The van der Waals surface area contributed by atoms with Crippen LogP contribution in [0.1, 0.15) is 40.5 Å². The fourth-order valence-corrected chi connectivity index (χ4v) is 2.29. The van der Waals surface area contributed by atoms with E-state index in [0.29, 0.717) is 11.5 Å². The van der Waals surface area contributed by atoms with Crippen molar-refractivity contribution < 1.29 is 0 Å². The maximum atomic E-state index is 3.69. The molecular weight excluding hydrogens is 232 g/mol. The van der Waals surface area contributed by atoms with Crippen LogP contribution in [-0.2, 0) is 0 Å². The number of para-hydroxylation sites is 1. The van der Waals surface area contributed by atoms with Crippen molar-refractivity contribution in [3.05, 3.63) is 30.3 Å². The summed E-state index contributed by atoms with van der Waals surface area (Å²) in [5.74, 6) is 0. The molecule has 2 heteroatoms. The minimum absolute atomic E-state index is 0.312. The predicted octanol–water partition coefficient (Wildman–Crippen LogP) is 3.93. The second kappa shape index (κ2) is 7.54. The van der Waals surface area contributed by atoms with Crippen molar-refractivity contribution in [2.45, 2.75) is 46.6 Å². The smallest absolute Gasteiger partial charge is 0.0363 e. The van der Waals surface area contributed by atoms with E-state index in [1.807, 2.05) is 0 Å². The second-order valence-electron chi connectivity index (χ2n) is 6.42. The minimum atomic E-state index is 0.312. The van der Waals surface area contributed by atoms with Gasteiger partial charge in [-0.2, -0.15) is 0 Å². The molecule has 0 spiro atoms. The van der Waals surface area contributed by atoms with Gasteiger partial charge in [0.05, 0.1) is 0 Å². The van der Waals surface area contributed by atoms with Crippen molar-refractivity contribution in [3.63, 3.8) is 0 Å². The van der Waals surface area contributed by atoms with E-state index in [2.05, 4.69) is 75.3 Å². The number of hydrogen-bond donors (Lipinski definition) is 1. The first kappa shape index (κ1) is 16.0. The topological polar surface area (TPSA) is 15.3 Å². The number of hydrogen-bond acceptors (Lipinski definition) is 2. The molecule has 1 rings (SSSR count). The van der Waals surface area contributed by atoms with Crippen molar-refractivity contribution >= 4 is 5.69 Å². The van der Waals surface area contributed by atoms with E-state index in [9.17, 15) is 0 Å². The van der Waals surface area contributed by atoms with Crippen LogP contribution in [-0.4, -0.2) is 26.2 Å². The Bertz CT molecular complexity index is 340. The molecule has 2 nitrogen and oxygen atoms in total. The standard InChI is InChI=1S/C17H30N2/c1-6-13-18-16(17(2,3)4)12-14-19(5)15-10-8-7-9-11-15/h7-11,16,18H,6,12-14H2,1-5H3. The average Bonchev–Trinajstić information content (AvgIpc) is 2.38. The summed E-state index contributed by atoms with van der Waals surface area (Å²) in [6.45, 7) is 11.4. The molecule has 1 N–H and O–H groups in total. The zero-order valence-electron chi connectivity index (χ0n) is 13.2. The summed E-state index contributed by atoms with van der Waals surface area (Å²) in [6, 6.07) is 11.2. The first-order valence-corrected chi connectivity index (χ1v) is 7.44. The van der Waals surface area contributed by atoms with Gasteiger partial charge in [0, 0.05) is 25.3 Å². The van der Waals surface area contributed by atoms with E-state index in [0.717, 1.165) is 13.1 Å². The van der Waals surface area contributed by atoms with Crippen LogP contribution in [0.3, 0.4) is 0 Å². The van der Waals surface area contributed by atoms with Crippen molar-refractivity contribution in [3.8, 4) is 0 Å². The van der Waals surface area contributed by atoms with Gasteiger partial charge < -0.3 is 10.2 Å². The minimum Gasteiger partial charge on any atom is -0.375 e. The largest absolute Gasteiger partial charge is 0.375 e. The van der Waals surface area contributed by atoms with Crippen molar-refractivity contribution in [2.24, 2.45) is 5.41 Å².